The van der Waals surface area contributed by atoms with E-state index in [9.17, 15) is 34.2 Å². The van der Waals surface area contributed by atoms with E-state index in [-0.39, 0.29) is 37.5 Å². The van der Waals surface area contributed by atoms with Crippen molar-refractivity contribution in [3.05, 3.63) is 29.8 Å². The summed E-state index contributed by atoms with van der Waals surface area (Å²) in [5.74, 6) is -5.14. The van der Waals surface area contributed by atoms with Gasteiger partial charge in [-0.2, -0.15) is 0 Å². The van der Waals surface area contributed by atoms with Crippen LogP contribution in [0.5, 0.6) is 5.75 Å². The Labute approximate surface area is 225 Å². The zero-order valence-corrected chi connectivity index (χ0v) is 21.9. The number of aromatic hydroxyl groups is 1. The number of hydrogen-bond donors (Lipinski definition) is 9. The lowest BCUT2D eigenvalue weighted by molar-refractivity contribution is -0.143. The second-order valence-corrected chi connectivity index (χ2v) is 9.29. The number of carboxylic acids is 1. The number of guanidine groups is 1. The van der Waals surface area contributed by atoms with Crippen molar-refractivity contribution in [2.24, 2.45) is 33.8 Å². The van der Waals surface area contributed by atoms with E-state index in [0.717, 1.165) is 0 Å². The van der Waals surface area contributed by atoms with Gasteiger partial charge in [0, 0.05) is 6.54 Å². The van der Waals surface area contributed by atoms with Crippen molar-refractivity contribution >= 4 is 35.6 Å². The molecule has 216 valence electrons. The van der Waals surface area contributed by atoms with Gasteiger partial charge in [-0.3, -0.25) is 24.2 Å². The van der Waals surface area contributed by atoms with Crippen molar-refractivity contribution in [3.63, 3.8) is 0 Å². The maximum Gasteiger partial charge on any atom is 0.326 e. The number of benzene rings is 1. The van der Waals surface area contributed by atoms with Gasteiger partial charge in [-0.05, 0) is 42.9 Å². The molecule has 0 aliphatic carbocycles. The first kappa shape index (κ1) is 32.6. The van der Waals surface area contributed by atoms with Gasteiger partial charge in [-0.15, -0.1) is 0 Å². The summed E-state index contributed by atoms with van der Waals surface area (Å²) in [6.07, 6.45) is -0.263. The lowest BCUT2D eigenvalue weighted by atomic mass is 10.00. The summed E-state index contributed by atoms with van der Waals surface area (Å²) >= 11 is 0. The van der Waals surface area contributed by atoms with Gasteiger partial charge < -0.3 is 49.1 Å². The fourth-order valence-corrected chi connectivity index (χ4v) is 3.48. The number of aliphatic imine (C=N–C) groups is 1. The van der Waals surface area contributed by atoms with Crippen LogP contribution in [0.4, 0.5) is 0 Å². The molecule has 0 radical (unpaired) electrons. The highest BCUT2D eigenvalue weighted by molar-refractivity contribution is 5.95. The number of nitrogens with two attached hydrogens (primary N) is 4. The van der Waals surface area contributed by atoms with Crippen molar-refractivity contribution in [2.45, 2.75) is 63.7 Å². The van der Waals surface area contributed by atoms with Crippen molar-refractivity contribution < 1.29 is 34.2 Å². The maximum atomic E-state index is 13.2. The number of carbonyl (C=O) groups is 5. The van der Waals surface area contributed by atoms with Gasteiger partial charge in [0.05, 0.1) is 12.5 Å². The quantitative estimate of drug-likeness (QED) is 0.0587. The number of nitrogens with zero attached hydrogens (tertiary/aromatic N) is 1. The van der Waals surface area contributed by atoms with Crippen LogP contribution in [0.1, 0.15) is 38.7 Å². The Balaban J connectivity index is 2.99. The molecule has 15 heteroatoms. The smallest absolute Gasteiger partial charge is 0.326 e. The first-order valence-electron chi connectivity index (χ1n) is 12.2. The molecular weight excluding hydrogens is 512 g/mol. The summed E-state index contributed by atoms with van der Waals surface area (Å²) in [6, 6.07) is 1.20. The minimum atomic E-state index is -1.61. The van der Waals surface area contributed by atoms with Gasteiger partial charge in [0.15, 0.2) is 5.96 Å². The number of carbonyl (C=O) groups excluding carboxylic acids is 4. The van der Waals surface area contributed by atoms with Crippen LogP contribution in [-0.4, -0.2) is 76.5 Å². The number of carboxylic acid groups (broad SMARTS) is 1. The third kappa shape index (κ3) is 12.1. The Morgan fingerprint density at radius 2 is 1.49 bits per heavy atom. The van der Waals surface area contributed by atoms with Crippen LogP contribution < -0.4 is 38.9 Å². The normalized spacial score (nSPS) is 13.8. The number of nitrogens with one attached hydrogen (secondary N) is 3. The monoisotopic (exact) mass is 550 g/mol. The minimum absolute atomic E-state index is 0.0103. The molecule has 4 amide bonds. The predicted molar refractivity (Wildman–Crippen MR) is 142 cm³/mol. The fraction of sp³-hybridized carbons (Fsp3) is 0.500. The standard InChI is InChI=1S/C24H38N8O7/c1-12(2)19(32-20(35)15(25)10-13-5-7-14(33)8-6-13)22(37)30-16(4-3-9-29-24(27)28)21(36)31-17(23(38)39)11-18(26)34/h5-8,12,15-17,19,33H,3-4,9-11,25H2,1-2H3,(H2,26,34)(H,30,37)(H,31,36)(H,32,35)(H,38,39)(H4,27,28,29). The first-order valence-corrected chi connectivity index (χ1v) is 12.2. The summed E-state index contributed by atoms with van der Waals surface area (Å²) < 4.78 is 0. The summed E-state index contributed by atoms with van der Waals surface area (Å²) in [7, 11) is 0. The van der Waals surface area contributed by atoms with Gasteiger partial charge in [-0.25, -0.2) is 4.79 Å². The Bertz CT molecular complexity index is 1040. The van der Waals surface area contributed by atoms with Crippen LogP contribution in [0.15, 0.2) is 29.3 Å². The molecule has 0 fully saturated rings. The fourth-order valence-electron chi connectivity index (χ4n) is 3.48. The minimum Gasteiger partial charge on any atom is -0.508 e. The van der Waals surface area contributed by atoms with E-state index in [1.54, 1.807) is 26.0 Å². The lowest BCUT2D eigenvalue weighted by Gasteiger charge is -2.27. The number of phenols is 1. The summed E-state index contributed by atoms with van der Waals surface area (Å²) in [6.45, 7) is 3.48. The highest BCUT2D eigenvalue weighted by atomic mass is 16.4. The molecule has 0 heterocycles. The maximum absolute atomic E-state index is 13.2. The topological polar surface area (TPSA) is 278 Å². The molecular formula is C24H38N8O7. The Hall–Kier alpha value is -4.40. The van der Waals surface area contributed by atoms with Crippen LogP contribution in [0.3, 0.4) is 0 Å². The molecule has 0 aromatic heterocycles. The van der Waals surface area contributed by atoms with Gasteiger partial charge in [0.25, 0.3) is 0 Å². The molecule has 0 saturated carbocycles. The van der Waals surface area contributed by atoms with Gasteiger partial charge in [0.2, 0.25) is 23.6 Å². The predicted octanol–water partition coefficient (Wildman–Crippen LogP) is -2.61. The van der Waals surface area contributed by atoms with Crippen LogP contribution in [0.25, 0.3) is 0 Å². The van der Waals surface area contributed by atoms with Gasteiger partial charge in [0.1, 0.15) is 23.9 Å². The second kappa shape index (κ2) is 15.8. The average molecular weight is 551 g/mol. The average Bonchev–Trinajstić information content (AvgIpc) is 2.84. The summed E-state index contributed by atoms with van der Waals surface area (Å²) in [4.78, 5) is 65.3. The summed E-state index contributed by atoms with van der Waals surface area (Å²) in [5.41, 5.74) is 22.4. The van der Waals surface area contributed by atoms with Crippen molar-refractivity contribution in [3.8, 4) is 5.75 Å². The van der Waals surface area contributed by atoms with Gasteiger partial charge in [-0.1, -0.05) is 26.0 Å². The van der Waals surface area contributed by atoms with E-state index in [1.807, 2.05) is 0 Å². The van der Waals surface area contributed by atoms with E-state index >= 15 is 0 Å². The largest absolute Gasteiger partial charge is 0.508 e. The van der Waals surface area contributed by atoms with Crippen LogP contribution in [0.2, 0.25) is 0 Å². The molecule has 0 saturated heterocycles. The molecule has 4 atom stereocenters. The zero-order chi connectivity index (χ0) is 29.7. The number of hydrogen-bond acceptors (Lipinski definition) is 8. The van der Waals surface area contributed by atoms with E-state index in [4.69, 9.17) is 22.9 Å². The number of rotatable bonds is 16. The van der Waals surface area contributed by atoms with Crippen molar-refractivity contribution in [2.75, 3.05) is 6.54 Å². The Kier molecular flexibility index (Phi) is 13.2. The third-order valence-corrected chi connectivity index (χ3v) is 5.57. The van der Waals surface area contributed by atoms with Gasteiger partial charge >= 0.3 is 5.97 Å². The number of primary amides is 1. The number of phenolic OH excluding ortho intramolecular Hbond substituents is 1. The summed E-state index contributed by atoms with van der Waals surface area (Å²) in [5, 5.41) is 26.0. The zero-order valence-electron chi connectivity index (χ0n) is 21.9. The molecule has 0 bridgehead atoms. The second-order valence-electron chi connectivity index (χ2n) is 9.29. The first-order chi connectivity index (χ1) is 18.2. The third-order valence-electron chi connectivity index (χ3n) is 5.57. The molecule has 4 unspecified atom stereocenters. The molecule has 39 heavy (non-hydrogen) atoms. The van der Waals surface area contributed by atoms with E-state index in [2.05, 4.69) is 20.9 Å². The van der Waals surface area contributed by atoms with Crippen molar-refractivity contribution in [1.82, 2.24) is 16.0 Å². The van der Waals surface area contributed by atoms with E-state index in [0.29, 0.717) is 5.56 Å². The highest BCUT2D eigenvalue weighted by Gasteiger charge is 2.32. The molecule has 1 aromatic rings. The molecule has 13 N–H and O–H groups in total. The van der Waals surface area contributed by atoms with E-state index < -0.39 is 66.1 Å². The Morgan fingerprint density at radius 3 is 2.00 bits per heavy atom. The highest BCUT2D eigenvalue weighted by Crippen LogP contribution is 2.12. The molecule has 0 spiro atoms. The number of aliphatic carboxylic acids is 1. The van der Waals surface area contributed by atoms with Crippen LogP contribution >= 0.6 is 0 Å². The molecule has 15 nitrogen and oxygen atoms in total. The molecule has 0 aliphatic rings. The van der Waals surface area contributed by atoms with Crippen LogP contribution in [0, 0.1) is 5.92 Å². The Morgan fingerprint density at radius 1 is 0.897 bits per heavy atom. The number of amides is 4. The molecule has 0 aliphatic heterocycles. The molecule has 1 rings (SSSR count). The van der Waals surface area contributed by atoms with Crippen LogP contribution in [-0.2, 0) is 30.4 Å². The SMILES string of the molecule is CC(C)C(NC(=O)C(N)Cc1ccc(O)cc1)C(=O)NC(CCCN=C(N)N)C(=O)NC(CC(N)=O)C(=O)O. The van der Waals surface area contributed by atoms with Crippen molar-refractivity contribution in [1.29, 1.82) is 0 Å². The van der Waals surface area contributed by atoms with E-state index in [1.165, 1.54) is 12.1 Å². The lowest BCUT2D eigenvalue weighted by Crippen LogP contribution is -2.58. The molecule has 1 aromatic carbocycles.